The second-order valence-electron chi connectivity index (χ2n) is 9.09. The molecule has 1 aliphatic carbocycles. The first-order valence-electron chi connectivity index (χ1n) is 12.0. The number of rotatable bonds is 8. The Kier molecular flexibility index (Phi) is 8.40. The van der Waals surface area contributed by atoms with Crippen LogP contribution < -0.4 is 15.4 Å². The Balaban J connectivity index is 1.56. The van der Waals surface area contributed by atoms with Gasteiger partial charge in [-0.05, 0) is 37.0 Å². The number of aromatic nitrogens is 2. The van der Waals surface area contributed by atoms with E-state index in [0.717, 1.165) is 32.1 Å². The molecule has 2 N–H and O–H groups in total. The number of nitrogens with one attached hydrogen (secondary N) is 2. The lowest BCUT2D eigenvalue weighted by molar-refractivity contribution is -0.611. The van der Waals surface area contributed by atoms with Crippen molar-refractivity contribution in [2.24, 2.45) is 5.92 Å². The number of pyridine rings is 1. The Morgan fingerprint density at radius 2 is 2.05 bits per heavy atom. The summed E-state index contributed by atoms with van der Waals surface area (Å²) in [6.07, 6.45) is 7.00. The molecule has 0 radical (unpaired) electrons. The molecule has 37 heavy (non-hydrogen) atoms. The highest BCUT2D eigenvalue weighted by Gasteiger charge is 2.32. The van der Waals surface area contributed by atoms with E-state index in [-0.39, 0.29) is 45.6 Å². The molecule has 2 aromatic heterocycles. The van der Waals surface area contributed by atoms with E-state index in [1.807, 2.05) is 0 Å². The van der Waals surface area contributed by atoms with Gasteiger partial charge in [0.2, 0.25) is 5.91 Å². The predicted octanol–water partition coefficient (Wildman–Crippen LogP) is 4.54. The maximum atomic E-state index is 15.1. The van der Waals surface area contributed by atoms with Crippen molar-refractivity contribution in [3.05, 3.63) is 69.7 Å². The average Bonchev–Trinajstić information content (AvgIpc) is 3.35. The monoisotopic (exact) mass is 530 g/mol. The fourth-order valence-electron chi connectivity index (χ4n) is 4.72. The van der Waals surface area contributed by atoms with Gasteiger partial charge in [0.05, 0.1) is 17.2 Å². The summed E-state index contributed by atoms with van der Waals surface area (Å²) in [6, 6.07) is 4.72. The molecule has 1 fully saturated rings. The Morgan fingerprint density at radius 1 is 1.30 bits per heavy atom. The molecule has 0 unspecified atom stereocenters. The van der Waals surface area contributed by atoms with Crippen molar-refractivity contribution >= 4 is 29.1 Å². The molecule has 4 rings (SSSR count). The molecule has 0 bridgehead atoms. The number of amides is 2. The topological polar surface area (TPSA) is 120 Å². The minimum atomic E-state index is -0.842. The molecule has 1 aliphatic rings. The number of hydrogen-bond donors (Lipinski definition) is 2. The van der Waals surface area contributed by atoms with Crippen LogP contribution in [0.15, 0.2) is 41.2 Å². The van der Waals surface area contributed by atoms with Gasteiger partial charge in [0, 0.05) is 31.4 Å². The standard InChI is InChI=1S/C26H28ClFN4O5/c1-15-23(20(27)10-11-32(15)35)18-9-8-17(12-21(18)28)29-26(34)24(16-6-4-3-5-7-16)30-25(33)19-13-37-31-22(19)14-36-2/h8-13,16,24H,3-7,14H2,1-2H3,(H,29,34)(H,30,33)/t24-/m0/s1. The highest BCUT2D eigenvalue weighted by molar-refractivity contribution is 6.33. The van der Waals surface area contributed by atoms with Gasteiger partial charge in [0.15, 0.2) is 11.9 Å². The van der Waals surface area contributed by atoms with E-state index in [0.29, 0.717) is 10.4 Å². The van der Waals surface area contributed by atoms with Gasteiger partial charge in [0.25, 0.3) is 5.91 Å². The third-order valence-electron chi connectivity index (χ3n) is 6.65. The molecule has 2 heterocycles. The van der Waals surface area contributed by atoms with E-state index >= 15 is 4.39 Å². The van der Waals surface area contributed by atoms with Crippen LogP contribution in [-0.4, -0.2) is 30.1 Å². The van der Waals surface area contributed by atoms with E-state index in [4.69, 9.17) is 20.9 Å². The molecule has 2 amide bonds. The Labute approximate surface area is 218 Å². The molecule has 0 aliphatic heterocycles. The summed E-state index contributed by atoms with van der Waals surface area (Å²) >= 11 is 6.23. The maximum absolute atomic E-state index is 15.1. The minimum absolute atomic E-state index is 0.0779. The van der Waals surface area contributed by atoms with E-state index in [1.54, 1.807) is 6.92 Å². The van der Waals surface area contributed by atoms with Gasteiger partial charge in [-0.3, -0.25) is 9.59 Å². The number of halogens is 2. The van der Waals surface area contributed by atoms with Crippen LogP contribution in [0.3, 0.4) is 0 Å². The van der Waals surface area contributed by atoms with Gasteiger partial charge in [-0.15, -0.1) is 0 Å². The lowest BCUT2D eigenvalue weighted by Gasteiger charge is -2.30. The predicted molar refractivity (Wildman–Crippen MR) is 134 cm³/mol. The fourth-order valence-corrected chi connectivity index (χ4v) is 5.01. The van der Waals surface area contributed by atoms with Crippen molar-refractivity contribution < 1.29 is 28.0 Å². The molecule has 1 aromatic carbocycles. The van der Waals surface area contributed by atoms with Crippen LogP contribution in [0.25, 0.3) is 11.1 Å². The van der Waals surface area contributed by atoms with Gasteiger partial charge in [0.1, 0.15) is 29.4 Å². The van der Waals surface area contributed by atoms with E-state index < -0.39 is 23.7 Å². The third-order valence-corrected chi connectivity index (χ3v) is 6.97. The summed E-state index contributed by atoms with van der Waals surface area (Å²) in [7, 11) is 1.48. The molecule has 3 aromatic rings. The Bertz CT molecular complexity index is 1290. The second kappa shape index (κ2) is 11.7. The number of nitrogens with zero attached hydrogens (tertiary/aromatic N) is 2. The normalized spacial score (nSPS) is 14.8. The van der Waals surface area contributed by atoms with Crippen molar-refractivity contribution in [1.29, 1.82) is 0 Å². The first-order chi connectivity index (χ1) is 17.8. The van der Waals surface area contributed by atoms with Gasteiger partial charge in [-0.1, -0.05) is 36.0 Å². The number of hydrogen-bond acceptors (Lipinski definition) is 6. The second-order valence-corrected chi connectivity index (χ2v) is 9.50. The summed E-state index contributed by atoms with van der Waals surface area (Å²) in [4.78, 5) is 26.4. The number of anilines is 1. The first-order valence-corrected chi connectivity index (χ1v) is 12.4. The summed E-state index contributed by atoms with van der Waals surface area (Å²) in [5.41, 5.74) is 1.41. The molecule has 1 atom stereocenters. The molecule has 11 heteroatoms. The molecule has 196 valence electrons. The molecular weight excluding hydrogens is 503 g/mol. The summed E-state index contributed by atoms with van der Waals surface area (Å²) in [5, 5.41) is 21.6. The third kappa shape index (κ3) is 5.91. The van der Waals surface area contributed by atoms with Gasteiger partial charge >= 0.3 is 0 Å². The van der Waals surface area contributed by atoms with Crippen LogP contribution in [0.4, 0.5) is 10.1 Å². The van der Waals surface area contributed by atoms with Crippen LogP contribution in [-0.2, 0) is 16.1 Å². The Hall–Kier alpha value is -3.50. The van der Waals surface area contributed by atoms with Crippen LogP contribution in [0.5, 0.6) is 0 Å². The van der Waals surface area contributed by atoms with Crippen molar-refractivity contribution in [3.8, 4) is 11.1 Å². The number of ether oxygens (including phenoxy) is 1. The lowest BCUT2D eigenvalue weighted by Crippen LogP contribution is -2.49. The van der Waals surface area contributed by atoms with Crippen LogP contribution >= 0.6 is 11.6 Å². The highest BCUT2D eigenvalue weighted by Crippen LogP contribution is 2.33. The summed E-state index contributed by atoms with van der Waals surface area (Å²) < 4.78 is 25.7. The summed E-state index contributed by atoms with van der Waals surface area (Å²) in [5.74, 6) is -1.68. The first kappa shape index (κ1) is 26.6. The van der Waals surface area contributed by atoms with Gasteiger partial charge in [-0.2, -0.15) is 4.73 Å². The fraction of sp³-hybridized carbons (Fsp3) is 0.385. The number of methoxy groups -OCH3 is 1. The van der Waals surface area contributed by atoms with E-state index in [2.05, 4.69) is 15.8 Å². The number of benzene rings is 1. The quantitative estimate of drug-likeness (QED) is 0.326. The molecule has 0 spiro atoms. The Morgan fingerprint density at radius 3 is 2.76 bits per heavy atom. The zero-order valence-electron chi connectivity index (χ0n) is 20.6. The zero-order valence-corrected chi connectivity index (χ0v) is 21.3. The highest BCUT2D eigenvalue weighted by atomic mass is 35.5. The van der Waals surface area contributed by atoms with Crippen molar-refractivity contribution in [1.82, 2.24) is 10.5 Å². The van der Waals surface area contributed by atoms with Gasteiger partial charge < -0.3 is 25.1 Å². The molecular formula is C26H28ClFN4O5. The van der Waals surface area contributed by atoms with Crippen LogP contribution in [0.1, 0.15) is 53.8 Å². The summed E-state index contributed by atoms with van der Waals surface area (Å²) in [6.45, 7) is 1.64. The lowest BCUT2D eigenvalue weighted by atomic mass is 9.83. The zero-order chi connectivity index (χ0) is 26.5. The van der Waals surface area contributed by atoms with Crippen molar-refractivity contribution in [3.63, 3.8) is 0 Å². The molecule has 0 saturated heterocycles. The van der Waals surface area contributed by atoms with Crippen LogP contribution in [0, 0.1) is 23.9 Å². The maximum Gasteiger partial charge on any atom is 0.257 e. The largest absolute Gasteiger partial charge is 0.618 e. The minimum Gasteiger partial charge on any atom is -0.618 e. The smallest absolute Gasteiger partial charge is 0.257 e. The number of carbonyl (C=O) groups excluding carboxylic acids is 2. The van der Waals surface area contributed by atoms with Crippen LogP contribution in [0.2, 0.25) is 5.02 Å². The average molecular weight is 531 g/mol. The van der Waals surface area contributed by atoms with Crippen molar-refractivity contribution in [2.45, 2.75) is 51.7 Å². The van der Waals surface area contributed by atoms with Gasteiger partial charge in [-0.25, -0.2) is 4.39 Å². The molecule has 1 saturated carbocycles. The molecule has 9 nitrogen and oxygen atoms in total. The van der Waals surface area contributed by atoms with E-state index in [9.17, 15) is 14.8 Å². The number of carbonyl (C=O) groups is 2. The van der Waals surface area contributed by atoms with Crippen molar-refractivity contribution in [2.75, 3.05) is 12.4 Å². The van der Waals surface area contributed by atoms with E-state index in [1.165, 1.54) is 43.8 Å². The SMILES string of the molecule is COCc1nocc1C(=O)N[C@H](C(=O)Nc1ccc(-c2c(Cl)cc[n+]([O-])c2C)c(F)c1)C1CCCCC1.